The number of methoxy groups -OCH3 is 3. The smallest absolute Gasteiger partial charge is 0.360 e. The number of halogens is 2. The van der Waals surface area contributed by atoms with Crippen molar-refractivity contribution in [2.75, 3.05) is 34.7 Å². The summed E-state index contributed by atoms with van der Waals surface area (Å²) in [5.41, 5.74) is 3.78. The molecule has 256 valence electrons. The highest BCUT2D eigenvalue weighted by Gasteiger charge is 2.54. The monoisotopic (exact) mass is 716 g/mol. The van der Waals surface area contributed by atoms with Gasteiger partial charge in [-0.15, -0.1) is 0 Å². The molecule has 13 heteroatoms. The topological polar surface area (TPSA) is 117 Å². The molecule has 4 aromatic carbocycles. The number of para-hydroxylation sites is 1. The van der Waals surface area contributed by atoms with Gasteiger partial charge in [0.25, 0.3) is 0 Å². The Bertz CT molecular complexity index is 2140. The third kappa shape index (κ3) is 5.32. The Hall–Kier alpha value is -5.13. The molecule has 1 fully saturated rings. The number of rotatable bonds is 8. The number of hydrogen-bond acceptors (Lipinski definition) is 10. The van der Waals surface area contributed by atoms with Crippen LogP contribution in [0.25, 0.3) is 10.9 Å². The minimum Gasteiger partial charge on any atom is -0.493 e. The number of carbonyl (C=O) groups is 2. The first kappa shape index (κ1) is 32.1. The Morgan fingerprint density at radius 2 is 1.56 bits per heavy atom. The minimum atomic E-state index is -0.877. The quantitative estimate of drug-likeness (QED) is 0.156. The maximum Gasteiger partial charge on any atom is 0.360 e. The van der Waals surface area contributed by atoms with E-state index >= 15 is 0 Å². The highest BCUT2D eigenvalue weighted by molar-refractivity contribution is 6.34. The number of esters is 2. The first-order valence-corrected chi connectivity index (χ1v) is 16.5. The van der Waals surface area contributed by atoms with Crippen LogP contribution >= 0.6 is 23.2 Å². The summed E-state index contributed by atoms with van der Waals surface area (Å²) in [6.07, 6.45) is -0.877. The van der Waals surface area contributed by atoms with E-state index < -0.39 is 35.8 Å². The van der Waals surface area contributed by atoms with E-state index in [1.807, 2.05) is 48.5 Å². The number of nitrogens with zero attached hydrogens (tertiary/aromatic N) is 2. The Kier molecular flexibility index (Phi) is 8.11. The number of benzene rings is 4. The van der Waals surface area contributed by atoms with Crippen LogP contribution in [-0.2, 0) is 20.8 Å². The van der Waals surface area contributed by atoms with Crippen molar-refractivity contribution in [3.05, 3.63) is 105 Å². The second-order valence-corrected chi connectivity index (χ2v) is 13.1. The van der Waals surface area contributed by atoms with Gasteiger partial charge in [0.1, 0.15) is 6.10 Å². The molecular weight excluding hydrogens is 687 g/mol. The molecule has 0 spiro atoms. The zero-order valence-corrected chi connectivity index (χ0v) is 28.6. The summed E-state index contributed by atoms with van der Waals surface area (Å²) in [6, 6.07) is 20.0. The summed E-state index contributed by atoms with van der Waals surface area (Å²) in [5, 5.41) is 6.31. The largest absolute Gasteiger partial charge is 0.493 e. The molecule has 50 heavy (non-hydrogen) atoms. The van der Waals surface area contributed by atoms with Crippen molar-refractivity contribution in [2.45, 2.75) is 18.6 Å². The average molecular weight is 718 g/mol. The fourth-order valence-electron chi connectivity index (χ4n) is 7.39. The van der Waals surface area contributed by atoms with Gasteiger partial charge in [0, 0.05) is 32.8 Å². The third-order valence-corrected chi connectivity index (χ3v) is 9.94. The van der Waals surface area contributed by atoms with Gasteiger partial charge in [0.15, 0.2) is 28.7 Å². The molecular formula is C37H30Cl2N2O9. The Balaban J connectivity index is 1.22. The van der Waals surface area contributed by atoms with Gasteiger partial charge in [0.2, 0.25) is 12.5 Å². The molecule has 1 aromatic heterocycles. The van der Waals surface area contributed by atoms with Crippen LogP contribution in [0.3, 0.4) is 0 Å². The van der Waals surface area contributed by atoms with Crippen molar-refractivity contribution in [3.63, 3.8) is 0 Å². The van der Waals surface area contributed by atoms with Crippen LogP contribution in [0.15, 0.2) is 66.7 Å². The van der Waals surface area contributed by atoms with Crippen LogP contribution < -0.4 is 23.7 Å². The van der Waals surface area contributed by atoms with Gasteiger partial charge in [-0.1, -0.05) is 41.4 Å². The number of hydrogen-bond donors (Lipinski definition) is 0. The molecule has 0 N–H and O–H groups in total. The molecule has 0 saturated carbocycles. The molecule has 1 saturated heterocycles. The van der Waals surface area contributed by atoms with E-state index in [9.17, 15) is 9.59 Å². The molecule has 3 aliphatic rings. The van der Waals surface area contributed by atoms with E-state index in [1.165, 1.54) is 21.3 Å². The Morgan fingerprint density at radius 3 is 2.24 bits per heavy atom. The summed E-state index contributed by atoms with van der Waals surface area (Å²) in [4.78, 5) is 27.9. The molecule has 11 nitrogen and oxygen atoms in total. The predicted molar refractivity (Wildman–Crippen MR) is 182 cm³/mol. The van der Waals surface area contributed by atoms with E-state index in [2.05, 4.69) is 0 Å². The van der Waals surface area contributed by atoms with Crippen molar-refractivity contribution in [3.8, 4) is 28.7 Å². The van der Waals surface area contributed by atoms with Crippen LogP contribution in [0, 0.1) is 11.8 Å². The van der Waals surface area contributed by atoms with Gasteiger partial charge in [-0.2, -0.15) is 5.10 Å². The highest BCUT2D eigenvalue weighted by Crippen LogP contribution is 2.56. The number of carbonyl (C=O) groups excluding carboxylic acids is 2. The lowest BCUT2D eigenvalue weighted by Crippen LogP contribution is -2.36. The molecule has 0 bridgehead atoms. The number of ether oxygens (including phenoxy) is 7. The van der Waals surface area contributed by atoms with Gasteiger partial charge in [-0.3, -0.25) is 9.48 Å². The van der Waals surface area contributed by atoms with Crippen LogP contribution in [0.4, 0.5) is 0 Å². The van der Waals surface area contributed by atoms with Gasteiger partial charge in [-0.25, -0.2) is 4.79 Å². The molecule has 2 aliphatic heterocycles. The second-order valence-electron chi connectivity index (χ2n) is 12.2. The van der Waals surface area contributed by atoms with Crippen LogP contribution in [0.1, 0.15) is 44.8 Å². The van der Waals surface area contributed by atoms with E-state index in [1.54, 1.807) is 22.9 Å². The van der Waals surface area contributed by atoms with Crippen LogP contribution in [0.5, 0.6) is 28.7 Å². The maximum atomic E-state index is 14.2. The van der Waals surface area contributed by atoms with Crippen molar-refractivity contribution >= 4 is 46.0 Å². The lowest BCUT2D eigenvalue weighted by molar-refractivity contribution is -0.141. The summed E-state index contributed by atoms with van der Waals surface area (Å²) < 4.78 is 42.2. The van der Waals surface area contributed by atoms with Crippen molar-refractivity contribution < 1.29 is 42.7 Å². The van der Waals surface area contributed by atoms with Gasteiger partial charge in [0.05, 0.1) is 45.9 Å². The van der Waals surface area contributed by atoms with Crippen molar-refractivity contribution in [2.24, 2.45) is 11.8 Å². The minimum absolute atomic E-state index is 0.0354. The van der Waals surface area contributed by atoms with E-state index in [4.69, 9.17) is 61.5 Å². The van der Waals surface area contributed by atoms with E-state index in [0.717, 1.165) is 22.2 Å². The average Bonchev–Trinajstić information content (AvgIpc) is 3.83. The van der Waals surface area contributed by atoms with Crippen molar-refractivity contribution in [1.29, 1.82) is 0 Å². The molecule has 0 unspecified atom stereocenters. The summed E-state index contributed by atoms with van der Waals surface area (Å²) in [5.74, 6) is -0.540. The lowest BCUT2D eigenvalue weighted by atomic mass is 9.66. The Morgan fingerprint density at radius 1 is 0.880 bits per heavy atom. The van der Waals surface area contributed by atoms with Crippen LogP contribution in [0.2, 0.25) is 10.0 Å². The van der Waals surface area contributed by atoms with Gasteiger partial charge >= 0.3 is 11.9 Å². The molecule has 0 radical (unpaired) electrons. The number of cyclic esters (lactones) is 1. The fourth-order valence-corrected chi connectivity index (χ4v) is 7.96. The first-order chi connectivity index (χ1) is 24.3. The SMILES string of the molecule is COc1cc([C@@H]2c3cc4c(cc3[C@H](OC(=O)c3nn(Cc5cc(Cl)cc(Cl)c5)c5ccccc35)[C@H]3COC(=O)[C@H]23)OCO4)cc(OC)c1OC. The summed E-state index contributed by atoms with van der Waals surface area (Å²) >= 11 is 12.5. The fraction of sp³-hybridized carbons (Fsp3) is 0.270. The van der Waals surface area contributed by atoms with Crippen LogP contribution in [-0.4, -0.2) is 56.4 Å². The molecule has 4 atom stereocenters. The molecule has 0 amide bonds. The zero-order valence-electron chi connectivity index (χ0n) is 27.1. The second kappa shape index (κ2) is 12.6. The maximum absolute atomic E-state index is 14.2. The normalized spacial score (nSPS) is 20.2. The molecule has 1 aliphatic carbocycles. The highest BCUT2D eigenvalue weighted by atomic mass is 35.5. The Labute approximate surface area is 296 Å². The lowest BCUT2D eigenvalue weighted by Gasteiger charge is -2.38. The summed E-state index contributed by atoms with van der Waals surface area (Å²) in [6.45, 7) is 0.391. The molecule has 8 rings (SSSR count). The van der Waals surface area contributed by atoms with E-state index in [-0.39, 0.29) is 19.1 Å². The van der Waals surface area contributed by atoms with E-state index in [0.29, 0.717) is 56.3 Å². The zero-order chi connectivity index (χ0) is 34.7. The first-order valence-electron chi connectivity index (χ1n) is 15.8. The molecule has 3 heterocycles. The van der Waals surface area contributed by atoms with Gasteiger partial charge in [-0.05, 0) is 65.2 Å². The summed E-state index contributed by atoms with van der Waals surface area (Å²) in [7, 11) is 4.59. The van der Waals surface area contributed by atoms with Gasteiger partial charge < -0.3 is 33.2 Å². The third-order valence-electron chi connectivity index (χ3n) is 9.51. The molecule has 5 aromatic rings. The predicted octanol–water partition coefficient (Wildman–Crippen LogP) is 6.98. The standard InChI is InChI=1S/C37H30Cl2N2O9/c1-44-29-10-19(11-30(45-2)35(29)46-3)31-23-13-27-28(49-17-48-27)14-24(23)34(25-16-47-36(42)32(25)31)50-37(43)33-22-6-4-5-7-26(22)41(40-33)15-18-8-20(38)12-21(39)9-18/h4-14,25,31-32,34H,15-17H2,1-3H3/t25-,31+,32-,34-/m0/s1. The number of fused-ring (bicyclic) bond motifs is 4. The van der Waals surface area contributed by atoms with Crippen molar-refractivity contribution in [1.82, 2.24) is 9.78 Å². The number of aromatic nitrogens is 2.